The van der Waals surface area contributed by atoms with E-state index in [1.54, 1.807) is 12.1 Å². The first-order chi connectivity index (χ1) is 13.7. The number of carbonyl (C=O) groups is 1. The summed E-state index contributed by atoms with van der Waals surface area (Å²) in [6.07, 6.45) is 3.89. The van der Waals surface area contributed by atoms with E-state index < -0.39 is 0 Å². The fraction of sp³-hybridized carbons (Fsp3) is 0.318. The van der Waals surface area contributed by atoms with Crippen LogP contribution < -0.4 is 20.0 Å². The van der Waals surface area contributed by atoms with Crippen molar-refractivity contribution in [3.05, 3.63) is 72.4 Å². The van der Waals surface area contributed by atoms with Crippen LogP contribution in [0.5, 0.6) is 5.75 Å². The monoisotopic (exact) mass is 379 g/mol. The highest BCUT2D eigenvalue weighted by atomic mass is 16.5. The van der Waals surface area contributed by atoms with Crippen LogP contribution in [0.25, 0.3) is 0 Å². The molecule has 1 saturated heterocycles. The molecule has 28 heavy (non-hydrogen) atoms. The molecule has 0 radical (unpaired) electrons. The van der Waals surface area contributed by atoms with Crippen molar-refractivity contribution >= 4 is 11.6 Å². The van der Waals surface area contributed by atoms with Gasteiger partial charge in [-0.25, -0.2) is 5.01 Å². The molecule has 0 unspecified atom stereocenters. The topological polar surface area (TPSA) is 49.3 Å². The predicted octanol–water partition coefficient (Wildman–Crippen LogP) is 1.00. The normalized spacial score (nSPS) is 19.5. The second kappa shape index (κ2) is 8.35. The van der Waals surface area contributed by atoms with E-state index in [1.807, 2.05) is 42.6 Å². The van der Waals surface area contributed by atoms with Crippen LogP contribution >= 0.6 is 0 Å². The summed E-state index contributed by atoms with van der Waals surface area (Å²) < 4.78 is 5.23. The minimum Gasteiger partial charge on any atom is -0.497 e. The molecule has 0 bridgehead atoms. The molecule has 4 rings (SSSR count). The SMILES string of the molecule is COc1ccc(N2CC[NH+](CC(=O)N3NC=C[C@@H]3c3ccccc3)CC2)cc1. The third-order valence-electron chi connectivity index (χ3n) is 5.49. The number of piperazine rings is 1. The molecule has 0 spiro atoms. The van der Waals surface area contributed by atoms with Gasteiger partial charge in [-0.2, -0.15) is 0 Å². The van der Waals surface area contributed by atoms with Gasteiger partial charge in [-0.1, -0.05) is 30.3 Å². The number of quaternary nitrogens is 1. The van der Waals surface area contributed by atoms with Gasteiger partial charge in [0.05, 0.1) is 39.3 Å². The summed E-state index contributed by atoms with van der Waals surface area (Å²) in [6, 6.07) is 18.3. The maximum Gasteiger partial charge on any atom is 0.296 e. The van der Waals surface area contributed by atoms with Crippen LogP contribution in [0.3, 0.4) is 0 Å². The molecule has 2 heterocycles. The van der Waals surface area contributed by atoms with Crippen molar-refractivity contribution < 1.29 is 14.4 Å². The number of anilines is 1. The summed E-state index contributed by atoms with van der Waals surface area (Å²) in [6.45, 7) is 4.31. The number of hydrogen-bond acceptors (Lipinski definition) is 4. The van der Waals surface area contributed by atoms with Gasteiger partial charge in [0, 0.05) is 11.9 Å². The van der Waals surface area contributed by atoms with Crippen molar-refractivity contribution in [2.24, 2.45) is 0 Å². The van der Waals surface area contributed by atoms with Gasteiger partial charge in [0.15, 0.2) is 6.54 Å². The number of benzene rings is 2. The quantitative estimate of drug-likeness (QED) is 0.814. The molecule has 0 aromatic heterocycles. The Labute approximate surface area is 166 Å². The predicted molar refractivity (Wildman–Crippen MR) is 109 cm³/mol. The molecule has 1 amide bonds. The van der Waals surface area contributed by atoms with Gasteiger partial charge in [0.25, 0.3) is 5.91 Å². The molecule has 0 aliphatic carbocycles. The molecular weight excluding hydrogens is 352 g/mol. The number of nitrogens with one attached hydrogen (secondary N) is 2. The first kappa shape index (κ1) is 18.4. The highest BCUT2D eigenvalue weighted by Gasteiger charge is 2.30. The van der Waals surface area contributed by atoms with Crippen LogP contribution in [0.15, 0.2) is 66.9 Å². The van der Waals surface area contributed by atoms with Gasteiger partial charge in [0.2, 0.25) is 0 Å². The number of nitrogens with zero attached hydrogens (tertiary/aromatic N) is 2. The van der Waals surface area contributed by atoms with Crippen molar-refractivity contribution in [2.75, 3.05) is 44.7 Å². The first-order valence-electron chi connectivity index (χ1n) is 9.77. The molecule has 2 aromatic rings. The molecule has 146 valence electrons. The summed E-state index contributed by atoms with van der Waals surface area (Å²) >= 11 is 0. The van der Waals surface area contributed by atoms with E-state index in [0.29, 0.717) is 6.54 Å². The number of rotatable bonds is 5. The molecule has 2 aliphatic rings. The van der Waals surface area contributed by atoms with Gasteiger partial charge in [-0.3, -0.25) is 4.79 Å². The van der Waals surface area contributed by atoms with E-state index in [2.05, 4.69) is 34.6 Å². The summed E-state index contributed by atoms with van der Waals surface area (Å²) in [5.74, 6) is 1.00. The second-order valence-electron chi connectivity index (χ2n) is 7.22. The fourth-order valence-corrected chi connectivity index (χ4v) is 3.87. The minimum absolute atomic E-state index is 0.0336. The molecule has 2 aromatic carbocycles. The lowest BCUT2D eigenvalue weighted by Gasteiger charge is -2.34. The molecular formula is C22H27N4O2+. The van der Waals surface area contributed by atoms with Gasteiger partial charge in [-0.15, -0.1) is 0 Å². The van der Waals surface area contributed by atoms with E-state index in [1.165, 1.54) is 10.6 Å². The highest BCUT2D eigenvalue weighted by molar-refractivity contribution is 5.78. The number of amides is 1. The van der Waals surface area contributed by atoms with E-state index in [9.17, 15) is 4.79 Å². The number of methoxy groups -OCH3 is 1. The number of ether oxygens (including phenoxy) is 1. The Kier molecular flexibility index (Phi) is 5.48. The Morgan fingerprint density at radius 1 is 1.11 bits per heavy atom. The smallest absolute Gasteiger partial charge is 0.296 e. The number of hydrazine groups is 1. The lowest BCUT2D eigenvalue weighted by Crippen LogP contribution is -3.16. The van der Waals surface area contributed by atoms with Gasteiger partial charge >= 0.3 is 0 Å². The Balaban J connectivity index is 1.31. The van der Waals surface area contributed by atoms with Crippen LogP contribution in [0.4, 0.5) is 5.69 Å². The molecule has 2 aliphatic heterocycles. The molecule has 1 atom stereocenters. The Morgan fingerprint density at radius 2 is 1.82 bits per heavy atom. The van der Waals surface area contributed by atoms with Gasteiger partial charge in [-0.05, 0) is 35.9 Å². The summed E-state index contributed by atoms with van der Waals surface area (Å²) in [4.78, 5) is 16.6. The largest absolute Gasteiger partial charge is 0.497 e. The standard InChI is InChI=1S/C22H26N4O2/c1-28-20-9-7-19(8-10-20)25-15-13-24(14-16-25)17-22(27)26-21(11-12-23-26)18-5-3-2-4-6-18/h2-12,21,23H,13-17H2,1H3/p+1/t21-/m1/s1. The van der Waals surface area contributed by atoms with Crippen LogP contribution in [0, 0.1) is 0 Å². The van der Waals surface area contributed by atoms with Crippen molar-refractivity contribution in [2.45, 2.75) is 6.04 Å². The third-order valence-corrected chi connectivity index (χ3v) is 5.49. The van der Waals surface area contributed by atoms with Crippen molar-refractivity contribution in [3.8, 4) is 5.75 Å². The second-order valence-corrected chi connectivity index (χ2v) is 7.22. The van der Waals surface area contributed by atoms with Crippen molar-refractivity contribution in [1.82, 2.24) is 10.4 Å². The minimum atomic E-state index is -0.0336. The zero-order valence-corrected chi connectivity index (χ0v) is 16.2. The molecule has 6 heteroatoms. The Bertz CT molecular complexity index is 814. The lowest BCUT2D eigenvalue weighted by molar-refractivity contribution is -0.892. The average Bonchev–Trinajstić information content (AvgIpc) is 3.25. The maximum absolute atomic E-state index is 12.9. The van der Waals surface area contributed by atoms with E-state index in [0.717, 1.165) is 37.5 Å². The van der Waals surface area contributed by atoms with E-state index in [4.69, 9.17) is 4.74 Å². The van der Waals surface area contributed by atoms with Crippen molar-refractivity contribution in [3.63, 3.8) is 0 Å². The fourth-order valence-electron chi connectivity index (χ4n) is 3.87. The molecule has 6 nitrogen and oxygen atoms in total. The Morgan fingerprint density at radius 3 is 2.50 bits per heavy atom. The molecule has 0 saturated carbocycles. The van der Waals surface area contributed by atoms with Crippen LogP contribution in [0.1, 0.15) is 11.6 Å². The van der Waals surface area contributed by atoms with Crippen LogP contribution in [-0.4, -0.2) is 50.7 Å². The number of hydrogen-bond donors (Lipinski definition) is 2. The number of carbonyl (C=O) groups excluding carboxylic acids is 1. The summed E-state index contributed by atoms with van der Waals surface area (Å²) in [7, 11) is 1.68. The average molecular weight is 379 g/mol. The van der Waals surface area contributed by atoms with E-state index in [-0.39, 0.29) is 11.9 Å². The zero-order chi connectivity index (χ0) is 19.3. The van der Waals surface area contributed by atoms with Crippen LogP contribution in [-0.2, 0) is 4.79 Å². The molecule has 1 fully saturated rings. The third kappa shape index (κ3) is 3.97. The van der Waals surface area contributed by atoms with Gasteiger partial charge in [0.1, 0.15) is 5.75 Å². The van der Waals surface area contributed by atoms with E-state index >= 15 is 0 Å². The van der Waals surface area contributed by atoms with Gasteiger partial charge < -0.3 is 20.0 Å². The van der Waals surface area contributed by atoms with Crippen LogP contribution in [0.2, 0.25) is 0 Å². The maximum atomic E-state index is 12.9. The van der Waals surface area contributed by atoms with Crippen molar-refractivity contribution in [1.29, 1.82) is 0 Å². The zero-order valence-electron chi connectivity index (χ0n) is 16.2. The molecule has 2 N–H and O–H groups in total. The summed E-state index contributed by atoms with van der Waals surface area (Å²) in [5, 5.41) is 1.75. The first-order valence-corrected chi connectivity index (χ1v) is 9.77. The Hall–Kier alpha value is -2.99. The lowest BCUT2D eigenvalue weighted by atomic mass is 10.1. The highest BCUT2D eigenvalue weighted by Crippen LogP contribution is 2.23. The summed E-state index contributed by atoms with van der Waals surface area (Å²) in [5.41, 5.74) is 5.44.